The lowest BCUT2D eigenvalue weighted by Crippen LogP contribution is -2.11. The summed E-state index contributed by atoms with van der Waals surface area (Å²) in [4.78, 5) is 13.5. The van der Waals surface area contributed by atoms with Crippen molar-refractivity contribution in [3.63, 3.8) is 0 Å². The van der Waals surface area contributed by atoms with E-state index in [4.69, 9.17) is 0 Å². The fourth-order valence-electron chi connectivity index (χ4n) is 3.63. The van der Waals surface area contributed by atoms with Gasteiger partial charge in [0.15, 0.2) is 0 Å². The summed E-state index contributed by atoms with van der Waals surface area (Å²) in [6.07, 6.45) is 1.55. The predicted octanol–water partition coefficient (Wildman–Crippen LogP) is 5.49. The van der Waals surface area contributed by atoms with Crippen LogP contribution in [0.4, 0.5) is 17.6 Å². The number of phenols is 1. The second kappa shape index (κ2) is 9.51. The second-order valence-electron chi connectivity index (χ2n) is 7.84. The highest BCUT2D eigenvalue weighted by Gasteiger charge is 2.12. The average molecular weight is 529 g/mol. The van der Waals surface area contributed by atoms with E-state index < -0.39 is 0 Å². The molecule has 3 N–H and O–H groups in total. The van der Waals surface area contributed by atoms with Crippen molar-refractivity contribution in [1.29, 1.82) is 0 Å². The summed E-state index contributed by atoms with van der Waals surface area (Å²) in [5.41, 5.74) is 6.01. The van der Waals surface area contributed by atoms with Gasteiger partial charge in [-0.25, -0.2) is 10.1 Å². The molecule has 10 heteroatoms. The third-order valence-corrected chi connectivity index (χ3v) is 5.76. The van der Waals surface area contributed by atoms with E-state index in [1.54, 1.807) is 17.0 Å². The van der Waals surface area contributed by atoms with Gasteiger partial charge in [0.2, 0.25) is 11.9 Å². The Morgan fingerprint density at radius 3 is 2.49 bits per heavy atom. The van der Waals surface area contributed by atoms with E-state index >= 15 is 0 Å². The van der Waals surface area contributed by atoms with Gasteiger partial charge in [-0.15, -0.1) is 0 Å². The molecular formula is C25H21BrN8O. The summed E-state index contributed by atoms with van der Waals surface area (Å²) >= 11 is 3.44. The smallest absolute Gasteiger partial charge is 0.257 e. The van der Waals surface area contributed by atoms with E-state index in [0.717, 1.165) is 32.3 Å². The zero-order chi connectivity index (χ0) is 24.4. The fourth-order valence-corrected chi connectivity index (χ4v) is 3.90. The molecule has 0 unspecified atom stereocenters. The first-order valence-electron chi connectivity index (χ1n) is 10.8. The molecule has 5 rings (SSSR count). The van der Waals surface area contributed by atoms with E-state index in [9.17, 15) is 5.11 Å². The second-order valence-corrected chi connectivity index (χ2v) is 8.76. The minimum absolute atomic E-state index is 0.130. The number of nitrogens with one attached hydrogen (secondary N) is 2. The maximum Gasteiger partial charge on any atom is 0.257 e. The topological polar surface area (TPSA) is 113 Å². The van der Waals surface area contributed by atoms with Crippen LogP contribution in [0.2, 0.25) is 0 Å². The number of benzene rings is 3. The van der Waals surface area contributed by atoms with Gasteiger partial charge in [-0.3, -0.25) is 0 Å². The number of phenolic OH excluding ortho intramolecular Hbond substituents is 1. The maximum absolute atomic E-state index is 10.4. The van der Waals surface area contributed by atoms with E-state index in [-0.39, 0.29) is 11.7 Å². The highest BCUT2D eigenvalue weighted by atomic mass is 79.9. The minimum Gasteiger partial charge on any atom is -0.507 e. The monoisotopic (exact) mass is 528 g/mol. The van der Waals surface area contributed by atoms with Gasteiger partial charge in [0.1, 0.15) is 5.75 Å². The van der Waals surface area contributed by atoms with Crippen molar-refractivity contribution in [3.05, 3.63) is 88.2 Å². The van der Waals surface area contributed by atoms with Crippen LogP contribution in [0.15, 0.2) is 76.3 Å². The van der Waals surface area contributed by atoms with Crippen LogP contribution >= 0.6 is 15.9 Å². The summed E-state index contributed by atoms with van der Waals surface area (Å²) in [5.74, 6) is 1.02. The van der Waals surface area contributed by atoms with E-state index in [1.807, 2.05) is 74.5 Å². The summed E-state index contributed by atoms with van der Waals surface area (Å²) in [7, 11) is 0. The molecule has 0 aliphatic carbocycles. The molecule has 0 saturated heterocycles. The highest BCUT2D eigenvalue weighted by molar-refractivity contribution is 9.10. The molecule has 5 aromatic rings. The number of fused-ring (bicyclic) bond motifs is 1. The Morgan fingerprint density at radius 1 is 0.943 bits per heavy atom. The summed E-state index contributed by atoms with van der Waals surface area (Å²) < 4.78 is 2.62. The normalized spacial score (nSPS) is 11.3. The Morgan fingerprint density at radius 2 is 1.71 bits per heavy atom. The zero-order valence-electron chi connectivity index (χ0n) is 18.9. The van der Waals surface area contributed by atoms with Gasteiger partial charge < -0.3 is 10.4 Å². The largest absolute Gasteiger partial charge is 0.507 e. The number of anilines is 3. The molecule has 0 fully saturated rings. The Hall–Kier alpha value is -4.31. The molecule has 0 atom stereocenters. The van der Waals surface area contributed by atoms with Crippen molar-refractivity contribution in [2.24, 2.45) is 5.10 Å². The molecule has 0 aliphatic heterocycles. The zero-order valence-corrected chi connectivity index (χ0v) is 20.5. The predicted molar refractivity (Wildman–Crippen MR) is 141 cm³/mol. The van der Waals surface area contributed by atoms with Crippen LogP contribution in [0.3, 0.4) is 0 Å². The van der Waals surface area contributed by atoms with E-state index in [1.165, 1.54) is 0 Å². The number of hydrogen-bond donors (Lipinski definition) is 3. The van der Waals surface area contributed by atoms with Crippen molar-refractivity contribution < 1.29 is 5.11 Å². The van der Waals surface area contributed by atoms with Crippen LogP contribution in [0.1, 0.15) is 17.0 Å². The van der Waals surface area contributed by atoms with Crippen molar-refractivity contribution >= 4 is 50.5 Å². The third kappa shape index (κ3) is 4.97. The molecule has 0 aliphatic rings. The van der Waals surface area contributed by atoms with Crippen LogP contribution in [0.25, 0.3) is 16.7 Å². The Balaban J connectivity index is 1.49. The lowest BCUT2D eigenvalue weighted by Gasteiger charge is -2.10. The molecule has 9 nitrogen and oxygen atoms in total. The van der Waals surface area contributed by atoms with Crippen LogP contribution in [0.5, 0.6) is 5.75 Å². The molecule has 0 amide bonds. The fraction of sp³-hybridized carbons (Fsp3) is 0.0800. The van der Waals surface area contributed by atoms with E-state index in [2.05, 4.69) is 51.8 Å². The molecule has 0 radical (unpaired) electrons. The first-order chi connectivity index (χ1) is 17.0. The number of aromatic nitrogens is 5. The van der Waals surface area contributed by atoms with E-state index in [0.29, 0.717) is 17.5 Å². The Bertz CT molecular complexity index is 1550. The summed E-state index contributed by atoms with van der Waals surface area (Å²) in [6.45, 7) is 3.84. The summed E-state index contributed by atoms with van der Waals surface area (Å²) in [5, 5.41) is 24.2. The SMILES string of the molecule is Cc1cc(C)n(-c2nc(N/N=C/c3c(O)ccc4ccccc34)nc(Nc3ccc(Br)cc3)n2)n1. The van der Waals surface area contributed by atoms with Crippen molar-refractivity contribution in [2.45, 2.75) is 13.8 Å². The van der Waals surface area contributed by atoms with Gasteiger partial charge in [0, 0.05) is 21.4 Å². The first-order valence-corrected chi connectivity index (χ1v) is 11.6. The van der Waals surface area contributed by atoms with Gasteiger partial charge >= 0.3 is 0 Å². The van der Waals surface area contributed by atoms with Gasteiger partial charge in [0.05, 0.1) is 11.9 Å². The molecule has 2 aromatic heterocycles. The maximum atomic E-state index is 10.4. The molecule has 3 aromatic carbocycles. The van der Waals surface area contributed by atoms with Crippen LogP contribution in [-0.4, -0.2) is 36.1 Å². The Kier molecular flexibility index (Phi) is 6.11. The number of hydrogen-bond acceptors (Lipinski definition) is 8. The van der Waals surface area contributed by atoms with Crippen molar-refractivity contribution in [3.8, 4) is 11.7 Å². The van der Waals surface area contributed by atoms with Gasteiger partial charge in [0.25, 0.3) is 5.95 Å². The number of aryl methyl sites for hydroxylation is 2. The average Bonchev–Trinajstić information content (AvgIpc) is 3.19. The molecular weight excluding hydrogens is 508 g/mol. The highest BCUT2D eigenvalue weighted by Crippen LogP contribution is 2.25. The molecule has 0 saturated carbocycles. The molecule has 174 valence electrons. The molecule has 0 spiro atoms. The van der Waals surface area contributed by atoms with Gasteiger partial charge in [-0.05, 0) is 61.0 Å². The Labute approximate surface area is 209 Å². The number of rotatable bonds is 6. The molecule has 0 bridgehead atoms. The van der Waals surface area contributed by atoms with Crippen LogP contribution in [-0.2, 0) is 0 Å². The number of hydrazone groups is 1. The van der Waals surface area contributed by atoms with Crippen molar-refractivity contribution in [2.75, 3.05) is 10.7 Å². The van der Waals surface area contributed by atoms with Gasteiger partial charge in [-0.1, -0.05) is 46.3 Å². The minimum atomic E-state index is 0.130. The quantitative estimate of drug-likeness (QED) is 0.197. The number of nitrogens with zero attached hydrogens (tertiary/aromatic N) is 6. The lowest BCUT2D eigenvalue weighted by molar-refractivity contribution is 0.475. The molecule has 2 heterocycles. The summed E-state index contributed by atoms with van der Waals surface area (Å²) in [6, 6.07) is 20.9. The van der Waals surface area contributed by atoms with Crippen LogP contribution in [0, 0.1) is 13.8 Å². The third-order valence-electron chi connectivity index (χ3n) is 5.23. The molecule has 35 heavy (non-hydrogen) atoms. The lowest BCUT2D eigenvalue weighted by atomic mass is 10.0. The standard InChI is InChI=1S/C25H21BrN8O/c1-15-13-16(2)34(33-15)25-30-23(28-19-10-8-18(26)9-11-19)29-24(31-25)32-27-14-21-20-6-4-3-5-17(20)7-12-22(21)35/h3-14,35H,1-2H3,(H2,28,29,30,31,32)/b27-14+. The number of aromatic hydroxyl groups is 1. The van der Waals surface area contributed by atoms with Crippen molar-refractivity contribution in [1.82, 2.24) is 24.7 Å². The van der Waals surface area contributed by atoms with Crippen LogP contribution < -0.4 is 10.7 Å². The number of halogens is 1. The van der Waals surface area contributed by atoms with Gasteiger partial charge in [-0.2, -0.15) is 25.2 Å². The first kappa shape index (κ1) is 22.5.